The Hall–Kier alpha value is -1.55. The molecule has 0 saturated heterocycles. The molecule has 0 aliphatic heterocycles. The molecule has 1 atom stereocenters. The van der Waals surface area contributed by atoms with E-state index in [-0.39, 0.29) is 6.03 Å². The monoisotopic (exact) mass is 277 g/mol. The SMILES string of the molecule is CCC(CC)CNC(=O)Nc1ccc(C(C)NC)cc1. The third-order valence-corrected chi connectivity index (χ3v) is 3.81. The van der Waals surface area contributed by atoms with Crippen molar-refractivity contribution >= 4 is 11.7 Å². The number of hydrogen-bond acceptors (Lipinski definition) is 2. The number of rotatable bonds is 7. The van der Waals surface area contributed by atoms with Crippen LogP contribution in [0.3, 0.4) is 0 Å². The van der Waals surface area contributed by atoms with Crippen LogP contribution in [0.25, 0.3) is 0 Å². The number of carbonyl (C=O) groups excluding carboxylic acids is 1. The fraction of sp³-hybridized carbons (Fsp3) is 0.562. The summed E-state index contributed by atoms with van der Waals surface area (Å²) < 4.78 is 0. The zero-order valence-electron chi connectivity index (χ0n) is 13.0. The van der Waals surface area contributed by atoms with Gasteiger partial charge in [0, 0.05) is 18.3 Å². The molecule has 0 fully saturated rings. The standard InChI is InChI=1S/C16H27N3O/c1-5-13(6-2)11-18-16(20)19-15-9-7-14(8-10-15)12(3)17-4/h7-10,12-13,17H,5-6,11H2,1-4H3,(H2,18,19,20). The number of carbonyl (C=O) groups is 1. The number of benzene rings is 1. The highest BCUT2D eigenvalue weighted by atomic mass is 16.2. The van der Waals surface area contributed by atoms with Crippen molar-refractivity contribution in [3.63, 3.8) is 0 Å². The largest absolute Gasteiger partial charge is 0.338 e. The van der Waals surface area contributed by atoms with Crippen molar-refractivity contribution in [3.8, 4) is 0 Å². The minimum atomic E-state index is -0.133. The van der Waals surface area contributed by atoms with E-state index >= 15 is 0 Å². The van der Waals surface area contributed by atoms with Gasteiger partial charge in [-0.15, -0.1) is 0 Å². The summed E-state index contributed by atoms with van der Waals surface area (Å²) in [7, 11) is 1.93. The first-order valence-electron chi connectivity index (χ1n) is 7.42. The van der Waals surface area contributed by atoms with Crippen molar-refractivity contribution < 1.29 is 4.79 Å². The molecule has 1 aromatic carbocycles. The minimum Gasteiger partial charge on any atom is -0.338 e. The Balaban J connectivity index is 2.46. The van der Waals surface area contributed by atoms with Crippen molar-refractivity contribution in [1.82, 2.24) is 10.6 Å². The smallest absolute Gasteiger partial charge is 0.319 e. The predicted molar refractivity (Wildman–Crippen MR) is 85.0 cm³/mol. The molecule has 0 heterocycles. The molecular formula is C16H27N3O. The molecule has 0 radical (unpaired) electrons. The molecule has 1 unspecified atom stereocenters. The maximum absolute atomic E-state index is 11.8. The summed E-state index contributed by atoms with van der Waals surface area (Å²) in [6, 6.07) is 8.09. The van der Waals surface area contributed by atoms with Crippen LogP contribution in [-0.2, 0) is 0 Å². The molecule has 4 heteroatoms. The van der Waals surface area contributed by atoms with Gasteiger partial charge in [-0.1, -0.05) is 38.8 Å². The van der Waals surface area contributed by atoms with Gasteiger partial charge in [-0.25, -0.2) is 4.79 Å². The van der Waals surface area contributed by atoms with Crippen LogP contribution in [0.1, 0.15) is 45.2 Å². The van der Waals surface area contributed by atoms with Gasteiger partial charge in [0.05, 0.1) is 0 Å². The topological polar surface area (TPSA) is 53.2 Å². The van der Waals surface area contributed by atoms with Crippen LogP contribution in [0.5, 0.6) is 0 Å². The number of amides is 2. The summed E-state index contributed by atoms with van der Waals surface area (Å²) in [6.45, 7) is 7.13. The highest BCUT2D eigenvalue weighted by Gasteiger charge is 2.07. The maximum Gasteiger partial charge on any atom is 0.319 e. The molecule has 4 nitrogen and oxygen atoms in total. The van der Waals surface area contributed by atoms with E-state index in [0.29, 0.717) is 12.0 Å². The molecule has 0 bridgehead atoms. The van der Waals surface area contributed by atoms with Crippen molar-refractivity contribution in [2.24, 2.45) is 5.92 Å². The van der Waals surface area contributed by atoms with E-state index in [1.165, 1.54) is 5.56 Å². The van der Waals surface area contributed by atoms with E-state index in [0.717, 1.165) is 25.1 Å². The Morgan fingerprint density at radius 1 is 1.15 bits per heavy atom. The van der Waals surface area contributed by atoms with Crippen LogP contribution in [0, 0.1) is 5.92 Å². The van der Waals surface area contributed by atoms with Gasteiger partial charge in [-0.2, -0.15) is 0 Å². The molecule has 1 rings (SSSR count). The molecule has 0 aromatic heterocycles. The first kappa shape index (κ1) is 16.5. The highest BCUT2D eigenvalue weighted by Crippen LogP contribution is 2.15. The third-order valence-electron chi connectivity index (χ3n) is 3.81. The summed E-state index contributed by atoms with van der Waals surface area (Å²) in [5.41, 5.74) is 2.02. The van der Waals surface area contributed by atoms with E-state index in [1.54, 1.807) is 0 Å². The second-order valence-corrected chi connectivity index (χ2v) is 5.15. The van der Waals surface area contributed by atoms with Crippen molar-refractivity contribution in [2.45, 2.75) is 39.7 Å². The summed E-state index contributed by atoms with van der Waals surface area (Å²) in [4.78, 5) is 11.8. The van der Waals surface area contributed by atoms with Crippen LogP contribution in [0.4, 0.5) is 10.5 Å². The summed E-state index contributed by atoms with van der Waals surface area (Å²) in [6.07, 6.45) is 2.18. The zero-order valence-corrected chi connectivity index (χ0v) is 13.0. The van der Waals surface area contributed by atoms with Gasteiger partial charge in [0.1, 0.15) is 0 Å². The van der Waals surface area contributed by atoms with E-state index in [4.69, 9.17) is 0 Å². The van der Waals surface area contributed by atoms with Gasteiger partial charge in [0.25, 0.3) is 0 Å². The second-order valence-electron chi connectivity index (χ2n) is 5.15. The first-order valence-corrected chi connectivity index (χ1v) is 7.42. The van der Waals surface area contributed by atoms with Crippen molar-refractivity contribution in [3.05, 3.63) is 29.8 Å². The van der Waals surface area contributed by atoms with E-state index in [1.807, 2.05) is 31.3 Å². The van der Waals surface area contributed by atoms with Crippen molar-refractivity contribution in [1.29, 1.82) is 0 Å². The normalized spacial score (nSPS) is 12.2. The molecular weight excluding hydrogens is 250 g/mol. The Labute approximate surface area is 122 Å². The third kappa shape index (κ3) is 5.21. The van der Waals surface area contributed by atoms with Crippen LogP contribution < -0.4 is 16.0 Å². The lowest BCUT2D eigenvalue weighted by Crippen LogP contribution is -2.32. The summed E-state index contributed by atoms with van der Waals surface area (Å²) in [5, 5.41) is 8.97. The lowest BCUT2D eigenvalue weighted by atomic mass is 10.0. The van der Waals surface area contributed by atoms with Gasteiger partial charge in [0.2, 0.25) is 0 Å². The molecule has 0 aliphatic carbocycles. The zero-order chi connectivity index (χ0) is 15.0. The Bertz CT molecular complexity index is 399. The highest BCUT2D eigenvalue weighted by molar-refractivity contribution is 5.89. The second kappa shape index (κ2) is 8.59. The Morgan fingerprint density at radius 3 is 2.25 bits per heavy atom. The fourth-order valence-electron chi connectivity index (χ4n) is 2.01. The van der Waals surface area contributed by atoms with Crippen LogP contribution in [-0.4, -0.2) is 19.6 Å². The number of hydrogen-bond donors (Lipinski definition) is 3. The summed E-state index contributed by atoms with van der Waals surface area (Å²) in [5.74, 6) is 0.555. The predicted octanol–water partition coefficient (Wildman–Crippen LogP) is 3.52. The number of anilines is 1. The molecule has 0 aliphatic rings. The number of urea groups is 1. The summed E-state index contributed by atoms with van der Waals surface area (Å²) >= 11 is 0. The average Bonchev–Trinajstić information content (AvgIpc) is 2.48. The fourth-order valence-corrected chi connectivity index (χ4v) is 2.01. The molecule has 112 valence electrons. The van der Waals surface area contributed by atoms with Gasteiger partial charge in [-0.3, -0.25) is 0 Å². The van der Waals surface area contributed by atoms with Gasteiger partial charge in [0.15, 0.2) is 0 Å². The molecule has 0 saturated carbocycles. The van der Waals surface area contributed by atoms with Crippen LogP contribution >= 0.6 is 0 Å². The molecule has 20 heavy (non-hydrogen) atoms. The lowest BCUT2D eigenvalue weighted by Gasteiger charge is -2.14. The minimum absolute atomic E-state index is 0.133. The molecule has 1 aromatic rings. The Morgan fingerprint density at radius 2 is 1.75 bits per heavy atom. The lowest BCUT2D eigenvalue weighted by molar-refractivity contribution is 0.249. The van der Waals surface area contributed by atoms with Gasteiger partial charge in [-0.05, 0) is 37.6 Å². The van der Waals surface area contributed by atoms with E-state index < -0.39 is 0 Å². The maximum atomic E-state index is 11.8. The average molecular weight is 277 g/mol. The number of nitrogens with one attached hydrogen (secondary N) is 3. The van der Waals surface area contributed by atoms with Gasteiger partial charge < -0.3 is 16.0 Å². The van der Waals surface area contributed by atoms with Crippen LogP contribution in [0.2, 0.25) is 0 Å². The molecule has 3 N–H and O–H groups in total. The Kier molecular flexibility index (Phi) is 7.09. The first-order chi connectivity index (χ1) is 9.60. The quantitative estimate of drug-likeness (QED) is 0.714. The van der Waals surface area contributed by atoms with Crippen LogP contribution in [0.15, 0.2) is 24.3 Å². The van der Waals surface area contributed by atoms with Crippen molar-refractivity contribution in [2.75, 3.05) is 18.9 Å². The molecule has 2 amide bonds. The molecule has 0 spiro atoms. The van der Waals surface area contributed by atoms with E-state index in [9.17, 15) is 4.79 Å². The van der Waals surface area contributed by atoms with E-state index in [2.05, 4.69) is 36.7 Å². The van der Waals surface area contributed by atoms with Gasteiger partial charge >= 0.3 is 6.03 Å².